The van der Waals surface area contributed by atoms with Crippen molar-refractivity contribution in [2.24, 2.45) is 5.92 Å². The maximum absolute atomic E-state index is 11.6. The van der Waals surface area contributed by atoms with Gasteiger partial charge in [-0.2, -0.15) is 0 Å². The van der Waals surface area contributed by atoms with Crippen molar-refractivity contribution in [3.05, 3.63) is 29.3 Å². The molecule has 0 spiro atoms. The normalized spacial score (nSPS) is 14.3. The third kappa shape index (κ3) is 2.87. The number of carbonyl (C=O) groups is 1. The van der Waals surface area contributed by atoms with Crippen LogP contribution in [0.5, 0.6) is 5.75 Å². The zero-order chi connectivity index (χ0) is 12.3. The summed E-state index contributed by atoms with van der Waals surface area (Å²) in [6, 6.07) is 6.28. The van der Waals surface area contributed by atoms with Gasteiger partial charge in [-0.25, -0.2) is 0 Å². The third-order valence-corrected chi connectivity index (χ3v) is 3.30. The summed E-state index contributed by atoms with van der Waals surface area (Å²) in [4.78, 5) is 11.6. The predicted octanol–water partition coefficient (Wildman–Crippen LogP) is 3.17. The van der Waals surface area contributed by atoms with Crippen LogP contribution in [0.2, 0.25) is 0 Å². The van der Waals surface area contributed by atoms with Crippen LogP contribution < -0.4 is 4.74 Å². The van der Waals surface area contributed by atoms with E-state index in [-0.39, 0.29) is 5.92 Å². The number of ether oxygens (including phenoxy) is 1. The Hall–Kier alpha value is -1.31. The van der Waals surface area contributed by atoms with Crippen LogP contribution >= 0.6 is 0 Å². The van der Waals surface area contributed by atoms with Crippen molar-refractivity contribution in [2.75, 3.05) is 6.61 Å². The van der Waals surface area contributed by atoms with Crippen LogP contribution in [0, 0.1) is 5.92 Å². The molecule has 2 heteroatoms. The number of hydrogen-bond donors (Lipinski definition) is 0. The first-order chi connectivity index (χ1) is 8.18. The Labute approximate surface area is 103 Å². The number of aryl methyl sites for hydroxylation is 2. The second-order valence-electron chi connectivity index (χ2n) is 4.98. The summed E-state index contributed by atoms with van der Waals surface area (Å²) in [7, 11) is 0. The Bertz CT molecular complexity index is 407. The summed E-state index contributed by atoms with van der Waals surface area (Å²) < 4.78 is 5.74. The van der Waals surface area contributed by atoms with E-state index in [0.29, 0.717) is 12.2 Å². The first-order valence-electron chi connectivity index (χ1n) is 6.44. The van der Waals surface area contributed by atoms with Crippen molar-refractivity contribution in [3.8, 4) is 5.75 Å². The number of Topliss-reactive ketones (excluding diaryl/α,β-unsaturated/α-hetero) is 1. The molecule has 2 rings (SSSR count). The fourth-order valence-electron chi connectivity index (χ4n) is 2.20. The molecule has 0 saturated carbocycles. The van der Waals surface area contributed by atoms with Gasteiger partial charge in [-0.15, -0.1) is 0 Å². The van der Waals surface area contributed by atoms with E-state index in [1.165, 1.54) is 11.1 Å². The van der Waals surface area contributed by atoms with Crippen molar-refractivity contribution in [3.63, 3.8) is 0 Å². The number of hydrogen-bond acceptors (Lipinski definition) is 2. The number of rotatable bonds is 4. The SMILES string of the molecule is CC(C)C(=O)CCc1cccc2c1OCCC2. The van der Waals surface area contributed by atoms with Gasteiger partial charge in [-0.3, -0.25) is 4.79 Å². The van der Waals surface area contributed by atoms with E-state index in [2.05, 4.69) is 18.2 Å². The fraction of sp³-hybridized carbons (Fsp3) is 0.533. The molecule has 0 N–H and O–H groups in total. The van der Waals surface area contributed by atoms with Gasteiger partial charge in [0.1, 0.15) is 11.5 Å². The topological polar surface area (TPSA) is 26.3 Å². The predicted molar refractivity (Wildman–Crippen MR) is 68.4 cm³/mol. The monoisotopic (exact) mass is 232 g/mol. The number of fused-ring (bicyclic) bond motifs is 1. The summed E-state index contributed by atoms with van der Waals surface area (Å²) in [5.41, 5.74) is 2.49. The standard InChI is InChI=1S/C15H20O2/c1-11(2)14(16)9-8-13-6-3-5-12-7-4-10-17-15(12)13/h3,5-6,11H,4,7-10H2,1-2H3. The highest BCUT2D eigenvalue weighted by molar-refractivity contribution is 5.80. The number of para-hydroxylation sites is 1. The van der Waals surface area contributed by atoms with Crippen molar-refractivity contribution < 1.29 is 9.53 Å². The highest BCUT2D eigenvalue weighted by Gasteiger charge is 2.15. The van der Waals surface area contributed by atoms with Crippen molar-refractivity contribution in [1.82, 2.24) is 0 Å². The largest absolute Gasteiger partial charge is 0.493 e. The Balaban J connectivity index is 2.08. The molecule has 1 aliphatic rings. The highest BCUT2D eigenvalue weighted by Crippen LogP contribution is 2.29. The summed E-state index contributed by atoms with van der Waals surface area (Å²) >= 11 is 0. The van der Waals surface area contributed by atoms with E-state index in [1.807, 2.05) is 13.8 Å². The van der Waals surface area contributed by atoms with Crippen LogP contribution in [-0.2, 0) is 17.6 Å². The van der Waals surface area contributed by atoms with Crippen LogP contribution in [-0.4, -0.2) is 12.4 Å². The molecule has 0 aliphatic carbocycles. The average molecular weight is 232 g/mol. The zero-order valence-corrected chi connectivity index (χ0v) is 10.7. The summed E-state index contributed by atoms with van der Waals surface area (Å²) in [6.45, 7) is 4.72. The van der Waals surface area contributed by atoms with E-state index in [0.717, 1.165) is 31.6 Å². The summed E-state index contributed by atoms with van der Waals surface area (Å²) in [5.74, 6) is 1.50. The van der Waals surface area contributed by atoms with E-state index in [4.69, 9.17) is 4.74 Å². The lowest BCUT2D eigenvalue weighted by molar-refractivity contribution is -0.121. The van der Waals surface area contributed by atoms with Gasteiger partial charge in [-0.1, -0.05) is 32.0 Å². The highest BCUT2D eigenvalue weighted by atomic mass is 16.5. The molecular weight excluding hydrogens is 212 g/mol. The lowest BCUT2D eigenvalue weighted by Gasteiger charge is -2.20. The second kappa shape index (κ2) is 5.35. The van der Waals surface area contributed by atoms with Crippen molar-refractivity contribution in [1.29, 1.82) is 0 Å². The number of ketones is 1. The Morgan fingerprint density at radius 2 is 2.24 bits per heavy atom. The summed E-state index contributed by atoms with van der Waals surface area (Å²) in [5, 5.41) is 0. The fourth-order valence-corrected chi connectivity index (χ4v) is 2.20. The molecule has 0 bridgehead atoms. The van der Waals surface area contributed by atoms with Crippen molar-refractivity contribution in [2.45, 2.75) is 39.5 Å². The van der Waals surface area contributed by atoms with Gasteiger partial charge < -0.3 is 4.74 Å². The summed E-state index contributed by atoms with van der Waals surface area (Å²) in [6.07, 6.45) is 3.63. The molecule has 92 valence electrons. The molecule has 2 nitrogen and oxygen atoms in total. The minimum absolute atomic E-state index is 0.135. The van der Waals surface area contributed by atoms with Crippen LogP contribution in [0.15, 0.2) is 18.2 Å². The molecule has 0 aromatic heterocycles. The van der Waals surface area contributed by atoms with Gasteiger partial charge in [0.2, 0.25) is 0 Å². The quantitative estimate of drug-likeness (QED) is 0.797. The van der Waals surface area contributed by atoms with Crippen LogP contribution in [0.25, 0.3) is 0 Å². The molecule has 1 aromatic carbocycles. The third-order valence-electron chi connectivity index (χ3n) is 3.30. The van der Waals surface area contributed by atoms with Gasteiger partial charge in [0, 0.05) is 12.3 Å². The molecule has 1 heterocycles. The molecule has 1 aliphatic heterocycles. The first-order valence-corrected chi connectivity index (χ1v) is 6.44. The van der Waals surface area contributed by atoms with E-state index in [9.17, 15) is 4.79 Å². The smallest absolute Gasteiger partial charge is 0.135 e. The van der Waals surface area contributed by atoms with Crippen LogP contribution in [0.1, 0.15) is 37.8 Å². The minimum Gasteiger partial charge on any atom is -0.493 e. The molecule has 17 heavy (non-hydrogen) atoms. The lowest BCUT2D eigenvalue weighted by atomic mass is 9.97. The molecule has 0 unspecified atom stereocenters. The second-order valence-corrected chi connectivity index (χ2v) is 4.98. The Morgan fingerprint density at radius 1 is 1.41 bits per heavy atom. The van der Waals surface area contributed by atoms with Crippen LogP contribution in [0.4, 0.5) is 0 Å². The number of carbonyl (C=O) groups excluding carboxylic acids is 1. The molecule has 0 saturated heterocycles. The van der Waals surface area contributed by atoms with Gasteiger partial charge in [0.25, 0.3) is 0 Å². The maximum Gasteiger partial charge on any atom is 0.135 e. The van der Waals surface area contributed by atoms with E-state index in [1.54, 1.807) is 0 Å². The molecule has 0 radical (unpaired) electrons. The number of benzene rings is 1. The first kappa shape index (κ1) is 12.2. The van der Waals surface area contributed by atoms with E-state index < -0.39 is 0 Å². The lowest BCUT2D eigenvalue weighted by Crippen LogP contribution is -2.12. The Kier molecular flexibility index (Phi) is 3.82. The van der Waals surface area contributed by atoms with Gasteiger partial charge in [0.05, 0.1) is 6.61 Å². The molecule has 1 aromatic rings. The maximum atomic E-state index is 11.6. The zero-order valence-electron chi connectivity index (χ0n) is 10.7. The van der Waals surface area contributed by atoms with E-state index >= 15 is 0 Å². The molecule has 0 fully saturated rings. The average Bonchev–Trinajstić information content (AvgIpc) is 2.35. The Morgan fingerprint density at radius 3 is 3.00 bits per heavy atom. The molecular formula is C15H20O2. The minimum atomic E-state index is 0.135. The van der Waals surface area contributed by atoms with Gasteiger partial charge in [-0.05, 0) is 30.4 Å². The molecule has 0 atom stereocenters. The van der Waals surface area contributed by atoms with Gasteiger partial charge in [0.15, 0.2) is 0 Å². The van der Waals surface area contributed by atoms with Gasteiger partial charge >= 0.3 is 0 Å². The van der Waals surface area contributed by atoms with Crippen molar-refractivity contribution >= 4 is 5.78 Å². The van der Waals surface area contributed by atoms with Crippen LogP contribution in [0.3, 0.4) is 0 Å². The molecule has 0 amide bonds.